The molecule has 0 aromatic heterocycles. The van der Waals surface area contributed by atoms with Crippen molar-refractivity contribution < 1.29 is 18.0 Å². The number of hydrogen-bond donors (Lipinski definition) is 1. The number of anilines is 2. The van der Waals surface area contributed by atoms with Crippen molar-refractivity contribution in [1.29, 1.82) is 0 Å². The van der Waals surface area contributed by atoms with Gasteiger partial charge in [0.05, 0.1) is 11.4 Å². The van der Waals surface area contributed by atoms with Crippen LogP contribution < -0.4 is 14.5 Å². The maximum Gasteiger partial charge on any atom is 0.343 e. The lowest BCUT2D eigenvalue weighted by Gasteiger charge is -2.35. The zero-order valence-electron chi connectivity index (χ0n) is 19.4. The third-order valence-electron chi connectivity index (χ3n) is 5.79. The van der Waals surface area contributed by atoms with Crippen LogP contribution in [0.4, 0.5) is 16.2 Å². The monoisotopic (exact) mass is 477 g/mol. The fraction of sp³-hybridized carbons (Fsp3) is 0.231. The Hall–Kier alpha value is -3.65. The average molecular weight is 478 g/mol. The second-order valence-electron chi connectivity index (χ2n) is 8.61. The van der Waals surface area contributed by atoms with Gasteiger partial charge in [0.15, 0.2) is 0 Å². The minimum absolute atomic E-state index is 0.0196. The first kappa shape index (κ1) is 23.5. The van der Waals surface area contributed by atoms with Gasteiger partial charge in [-0.1, -0.05) is 67.9 Å². The van der Waals surface area contributed by atoms with Crippen LogP contribution in [0.1, 0.15) is 36.5 Å². The molecule has 3 aromatic rings. The van der Waals surface area contributed by atoms with Gasteiger partial charge in [-0.25, -0.2) is 13.2 Å². The molecule has 3 aromatic carbocycles. The van der Waals surface area contributed by atoms with Crippen molar-refractivity contribution in [1.82, 2.24) is 5.32 Å². The largest absolute Gasteiger partial charge is 0.350 e. The first-order valence-electron chi connectivity index (χ1n) is 11.1. The third kappa shape index (κ3) is 4.54. The molecule has 7 nitrogen and oxygen atoms in total. The zero-order chi connectivity index (χ0) is 24.5. The van der Waals surface area contributed by atoms with Crippen LogP contribution in [-0.2, 0) is 21.4 Å². The maximum atomic E-state index is 13.5. The van der Waals surface area contributed by atoms with Crippen LogP contribution in [0.3, 0.4) is 0 Å². The van der Waals surface area contributed by atoms with Gasteiger partial charge in [0, 0.05) is 6.54 Å². The molecular weight excluding hydrogens is 450 g/mol. The fourth-order valence-corrected chi connectivity index (χ4v) is 5.41. The van der Waals surface area contributed by atoms with Crippen molar-refractivity contribution >= 4 is 33.3 Å². The smallest absolute Gasteiger partial charge is 0.343 e. The van der Waals surface area contributed by atoms with Crippen LogP contribution in [0.25, 0.3) is 0 Å². The summed E-state index contributed by atoms with van der Waals surface area (Å²) in [5, 5.41) is 2.81. The molecule has 1 aliphatic heterocycles. The molecule has 0 saturated carbocycles. The van der Waals surface area contributed by atoms with E-state index >= 15 is 0 Å². The van der Waals surface area contributed by atoms with Crippen LogP contribution in [0.5, 0.6) is 0 Å². The quantitative estimate of drug-likeness (QED) is 0.563. The van der Waals surface area contributed by atoms with E-state index in [1.807, 2.05) is 57.2 Å². The van der Waals surface area contributed by atoms with Crippen LogP contribution >= 0.6 is 0 Å². The number of urea groups is 1. The highest BCUT2D eigenvalue weighted by Gasteiger charge is 2.43. The van der Waals surface area contributed by atoms with Crippen molar-refractivity contribution in [3.05, 3.63) is 89.5 Å². The first-order chi connectivity index (χ1) is 16.2. The second kappa shape index (κ2) is 9.30. The molecule has 34 heavy (non-hydrogen) atoms. The summed E-state index contributed by atoms with van der Waals surface area (Å²) in [5.74, 6) is -0.129. The minimum atomic E-state index is -4.14. The molecule has 0 radical (unpaired) electrons. The number of sulfonamides is 1. The SMILES string of the molecule is Cc1ccc(CNC(=O)CN2C(=O)N(c3ccc(C(C)C)cc3)S(=O)(=O)c3ccccc32)cc1. The molecule has 1 N–H and O–H groups in total. The number of amides is 3. The van der Waals surface area contributed by atoms with Crippen LogP contribution in [-0.4, -0.2) is 26.9 Å². The van der Waals surface area contributed by atoms with Crippen molar-refractivity contribution in [2.75, 3.05) is 15.7 Å². The molecule has 4 rings (SSSR count). The van der Waals surface area contributed by atoms with Gasteiger partial charge in [-0.15, -0.1) is 0 Å². The summed E-state index contributed by atoms with van der Waals surface area (Å²) < 4.78 is 27.5. The standard InChI is InChI=1S/C26H27N3O4S/c1-18(2)21-12-14-22(15-13-21)29-26(31)28(23-6-4-5-7-24(23)34(29,32)33)17-25(30)27-16-20-10-8-19(3)9-11-20/h4-15,18H,16-17H2,1-3H3,(H,27,30). The van der Waals surface area contributed by atoms with E-state index in [0.29, 0.717) is 6.54 Å². The number of benzene rings is 3. The summed E-state index contributed by atoms with van der Waals surface area (Å²) in [6.07, 6.45) is 0. The minimum Gasteiger partial charge on any atom is -0.350 e. The number of fused-ring (bicyclic) bond motifs is 1. The number of para-hydroxylation sites is 1. The molecule has 0 spiro atoms. The van der Waals surface area contributed by atoms with E-state index in [-0.39, 0.29) is 28.7 Å². The highest BCUT2D eigenvalue weighted by atomic mass is 32.2. The van der Waals surface area contributed by atoms with Gasteiger partial charge < -0.3 is 5.32 Å². The number of nitrogens with zero attached hydrogens (tertiary/aromatic N) is 2. The Morgan fingerprint density at radius 3 is 2.24 bits per heavy atom. The van der Waals surface area contributed by atoms with E-state index < -0.39 is 22.0 Å². The van der Waals surface area contributed by atoms with Gasteiger partial charge in [0.25, 0.3) is 10.0 Å². The Bertz CT molecular complexity index is 1320. The van der Waals surface area contributed by atoms with Crippen molar-refractivity contribution in [3.8, 4) is 0 Å². The fourth-order valence-electron chi connectivity index (χ4n) is 3.81. The maximum absolute atomic E-state index is 13.5. The van der Waals surface area contributed by atoms with Crippen LogP contribution in [0.2, 0.25) is 0 Å². The molecule has 1 heterocycles. The Balaban J connectivity index is 1.63. The van der Waals surface area contributed by atoms with E-state index in [1.165, 1.54) is 17.0 Å². The summed E-state index contributed by atoms with van der Waals surface area (Å²) in [7, 11) is -4.14. The van der Waals surface area contributed by atoms with Gasteiger partial charge in [0.1, 0.15) is 11.4 Å². The normalized spacial score (nSPS) is 14.8. The van der Waals surface area contributed by atoms with Gasteiger partial charge in [-0.05, 0) is 48.2 Å². The summed E-state index contributed by atoms with van der Waals surface area (Å²) in [6, 6.07) is 20.1. The molecule has 0 fully saturated rings. The number of rotatable bonds is 6. The second-order valence-corrected chi connectivity index (χ2v) is 10.4. The predicted molar refractivity (Wildman–Crippen MR) is 132 cm³/mol. The number of carbonyl (C=O) groups excluding carboxylic acids is 2. The van der Waals surface area contributed by atoms with E-state index in [9.17, 15) is 18.0 Å². The summed E-state index contributed by atoms with van der Waals surface area (Å²) in [6.45, 7) is 6.05. The van der Waals surface area contributed by atoms with Crippen LogP contribution in [0, 0.1) is 6.92 Å². The number of carbonyl (C=O) groups is 2. The van der Waals surface area contributed by atoms with E-state index in [1.54, 1.807) is 24.3 Å². The summed E-state index contributed by atoms with van der Waals surface area (Å²) >= 11 is 0. The lowest BCUT2D eigenvalue weighted by atomic mass is 10.0. The summed E-state index contributed by atoms with van der Waals surface area (Å²) in [5.41, 5.74) is 3.49. The summed E-state index contributed by atoms with van der Waals surface area (Å²) in [4.78, 5) is 27.4. The average Bonchev–Trinajstić information content (AvgIpc) is 2.82. The van der Waals surface area contributed by atoms with E-state index in [4.69, 9.17) is 0 Å². The molecule has 0 unspecified atom stereocenters. The number of hydrogen-bond acceptors (Lipinski definition) is 4. The van der Waals surface area contributed by atoms with E-state index in [0.717, 1.165) is 21.0 Å². The van der Waals surface area contributed by atoms with Crippen molar-refractivity contribution in [2.24, 2.45) is 0 Å². The Labute approximate surface area is 200 Å². The highest BCUT2D eigenvalue weighted by Crippen LogP contribution is 2.37. The predicted octanol–water partition coefficient (Wildman–Crippen LogP) is 4.57. The molecule has 0 aliphatic carbocycles. The Morgan fingerprint density at radius 2 is 1.59 bits per heavy atom. The molecular formula is C26H27N3O4S. The lowest BCUT2D eigenvalue weighted by molar-refractivity contribution is -0.119. The molecule has 1 aliphatic rings. The van der Waals surface area contributed by atoms with Gasteiger partial charge >= 0.3 is 6.03 Å². The molecule has 176 valence electrons. The van der Waals surface area contributed by atoms with Gasteiger partial charge in [-0.2, -0.15) is 4.31 Å². The van der Waals surface area contributed by atoms with Gasteiger partial charge in [-0.3, -0.25) is 9.69 Å². The van der Waals surface area contributed by atoms with Crippen LogP contribution in [0.15, 0.2) is 77.7 Å². The first-order valence-corrected chi connectivity index (χ1v) is 12.5. The Kier molecular flexibility index (Phi) is 6.43. The van der Waals surface area contributed by atoms with E-state index in [2.05, 4.69) is 5.32 Å². The number of nitrogens with one attached hydrogen (secondary N) is 1. The molecule has 0 saturated heterocycles. The molecule has 8 heteroatoms. The molecule has 0 atom stereocenters. The molecule has 0 bridgehead atoms. The zero-order valence-corrected chi connectivity index (χ0v) is 20.2. The van der Waals surface area contributed by atoms with Crippen molar-refractivity contribution in [3.63, 3.8) is 0 Å². The lowest BCUT2D eigenvalue weighted by Crippen LogP contribution is -2.53. The third-order valence-corrected chi connectivity index (χ3v) is 7.53. The van der Waals surface area contributed by atoms with Crippen molar-refractivity contribution in [2.45, 2.75) is 38.1 Å². The van der Waals surface area contributed by atoms with Gasteiger partial charge in [0.2, 0.25) is 5.91 Å². The highest BCUT2D eigenvalue weighted by molar-refractivity contribution is 7.94. The number of aryl methyl sites for hydroxylation is 1. The molecule has 3 amide bonds. The topological polar surface area (TPSA) is 86.8 Å². The Morgan fingerprint density at radius 1 is 0.941 bits per heavy atom.